The first-order chi connectivity index (χ1) is 6.77. The van der Waals surface area contributed by atoms with Gasteiger partial charge in [-0.25, -0.2) is 0 Å². The highest BCUT2D eigenvalue weighted by molar-refractivity contribution is 5.75. The summed E-state index contributed by atoms with van der Waals surface area (Å²) >= 11 is 0. The van der Waals surface area contributed by atoms with E-state index in [0.29, 0.717) is 0 Å². The first-order valence-electron chi connectivity index (χ1n) is 4.54. The van der Waals surface area contributed by atoms with E-state index in [9.17, 15) is 0 Å². The molecule has 0 unspecified atom stereocenters. The van der Waals surface area contributed by atoms with Crippen LogP contribution < -0.4 is 5.73 Å². The molecular weight excluding hydrogens is 172 g/mol. The molecule has 0 radical (unpaired) electrons. The Labute approximate surface area is 83.4 Å². The molecule has 0 saturated carbocycles. The predicted octanol–water partition coefficient (Wildman–Crippen LogP) is 2.64. The molecule has 0 aliphatic rings. The number of pyridine rings is 1. The molecule has 0 amide bonds. The minimum absolute atomic E-state index is 0.769. The molecule has 0 aliphatic heterocycles. The second-order valence-electron chi connectivity index (χ2n) is 3.33. The standard InChI is InChI=1S/C12H12N2/c1-9-3-2-4-10(7-9)11-8-14-6-5-12(11)13/h2-8H,1H3,(H2,13,14). The highest BCUT2D eigenvalue weighted by Gasteiger charge is 2.01. The van der Waals surface area contributed by atoms with Crippen molar-refractivity contribution in [2.75, 3.05) is 5.73 Å². The normalized spacial score (nSPS) is 10.1. The van der Waals surface area contributed by atoms with E-state index in [4.69, 9.17) is 5.73 Å². The zero-order valence-electron chi connectivity index (χ0n) is 8.07. The monoisotopic (exact) mass is 184 g/mol. The summed E-state index contributed by atoms with van der Waals surface area (Å²) in [5.74, 6) is 0. The minimum atomic E-state index is 0.769. The van der Waals surface area contributed by atoms with Crippen LogP contribution in [0, 0.1) is 6.92 Å². The Morgan fingerprint density at radius 1 is 1.21 bits per heavy atom. The quantitative estimate of drug-likeness (QED) is 0.740. The number of nitrogens with two attached hydrogens (primary N) is 1. The van der Waals surface area contributed by atoms with Gasteiger partial charge in [-0.15, -0.1) is 0 Å². The van der Waals surface area contributed by atoms with Crippen molar-refractivity contribution in [3.05, 3.63) is 48.3 Å². The molecule has 2 rings (SSSR count). The van der Waals surface area contributed by atoms with Gasteiger partial charge in [-0.2, -0.15) is 0 Å². The lowest BCUT2D eigenvalue weighted by atomic mass is 10.0. The third-order valence-corrected chi connectivity index (χ3v) is 2.18. The largest absolute Gasteiger partial charge is 0.398 e. The summed E-state index contributed by atoms with van der Waals surface area (Å²) in [6.45, 7) is 2.07. The molecule has 1 heterocycles. The molecule has 2 heteroatoms. The van der Waals surface area contributed by atoms with E-state index in [1.165, 1.54) is 5.56 Å². The van der Waals surface area contributed by atoms with Gasteiger partial charge in [-0.3, -0.25) is 4.98 Å². The third kappa shape index (κ3) is 1.59. The fraction of sp³-hybridized carbons (Fsp3) is 0.0833. The number of hydrogen-bond donors (Lipinski definition) is 1. The van der Waals surface area contributed by atoms with E-state index in [1.54, 1.807) is 12.4 Å². The average molecular weight is 184 g/mol. The minimum Gasteiger partial charge on any atom is -0.398 e. The van der Waals surface area contributed by atoms with Crippen molar-refractivity contribution in [3.63, 3.8) is 0 Å². The van der Waals surface area contributed by atoms with Crippen LogP contribution in [0.5, 0.6) is 0 Å². The summed E-state index contributed by atoms with van der Waals surface area (Å²) in [5.41, 5.74) is 9.98. The number of hydrogen-bond acceptors (Lipinski definition) is 2. The van der Waals surface area contributed by atoms with E-state index in [2.05, 4.69) is 24.0 Å². The lowest BCUT2D eigenvalue weighted by Crippen LogP contribution is -1.90. The van der Waals surface area contributed by atoms with E-state index in [1.807, 2.05) is 18.2 Å². The van der Waals surface area contributed by atoms with Crippen LogP contribution in [0.25, 0.3) is 11.1 Å². The molecule has 0 fully saturated rings. The second-order valence-corrected chi connectivity index (χ2v) is 3.33. The van der Waals surface area contributed by atoms with Gasteiger partial charge >= 0.3 is 0 Å². The SMILES string of the molecule is Cc1cccc(-c2cnccc2N)c1. The van der Waals surface area contributed by atoms with E-state index in [0.717, 1.165) is 16.8 Å². The first-order valence-corrected chi connectivity index (χ1v) is 4.54. The van der Waals surface area contributed by atoms with Crippen molar-refractivity contribution >= 4 is 5.69 Å². The average Bonchev–Trinajstić information content (AvgIpc) is 2.18. The Kier molecular flexibility index (Phi) is 2.19. The van der Waals surface area contributed by atoms with Crippen molar-refractivity contribution in [2.24, 2.45) is 0 Å². The Balaban J connectivity index is 2.55. The van der Waals surface area contributed by atoms with Gasteiger partial charge in [0.05, 0.1) is 0 Å². The highest BCUT2D eigenvalue weighted by atomic mass is 14.7. The maximum Gasteiger partial charge on any atom is 0.0424 e. The van der Waals surface area contributed by atoms with E-state index < -0.39 is 0 Å². The zero-order valence-corrected chi connectivity index (χ0v) is 8.07. The van der Waals surface area contributed by atoms with Crippen LogP contribution in [0.1, 0.15) is 5.56 Å². The van der Waals surface area contributed by atoms with Crippen LogP contribution >= 0.6 is 0 Å². The smallest absolute Gasteiger partial charge is 0.0424 e. The fourth-order valence-electron chi connectivity index (χ4n) is 1.46. The van der Waals surface area contributed by atoms with Gasteiger partial charge in [0.2, 0.25) is 0 Å². The van der Waals surface area contributed by atoms with Gasteiger partial charge in [0.25, 0.3) is 0 Å². The summed E-state index contributed by atoms with van der Waals surface area (Å²) in [7, 11) is 0. The van der Waals surface area contributed by atoms with Gasteiger partial charge in [-0.05, 0) is 18.6 Å². The van der Waals surface area contributed by atoms with E-state index >= 15 is 0 Å². The Bertz CT molecular complexity index is 450. The zero-order chi connectivity index (χ0) is 9.97. The van der Waals surface area contributed by atoms with Crippen LogP contribution in [0.15, 0.2) is 42.7 Å². The molecule has 1 aromatic heterocycles. The summed E-state index contributed by atoms with van der Waals surface area (Å²) < 4.78 is 0. The Hall–Kier alpha value is -1.83. The summed E-state index contributed by atoms with van der Waals surface area (Å²) in [4.78, 5) is 4.07. The van der Waals surface area contributed by atoms with Crippen molar-refractivity contribution < 1.29 is 0 Å². The maximum absolute atomic E-state index is 5.86. The van der Waals surface area contributed by atoms with Crippen LogP contribution in [0.4, 0.5) is 5.69 Å². The summed E-state index contributed by atoms with van der Waals surface area (Å²) in [6, 6.07) is 10.1. The lowest BCUT2D eigenvalue weighted by Gasteiger charge is -2.05. The number of anilines is 1. The molecule has 0 atom stereocenters. The molecule has 0 spiro atoms. The van der Waals surface area contributed by atoms with Gasteiger partial charge in [0.15, 0.2) is 0 Å². The second kappa shape index (κ2) is 3.50. The van der Waals surface area contributed by atoms with Gasteiger partial charge < -0.3 is 5.73 Å². The number of aromatic nitrogens is 1. The number of aryl methyl sites for hydroxylation is 1. The van der Waals surface area contributed by atoms with Gasteiger partial charge in [0.1, 0.15) is 0 Å². The number of nitrogen functional groups attached to an aromatic ring is 1. The maximum atomic E-state index is 5.86. The van der Waals surface area contributed by atoms with Crippen molar-refractivity contribution in [2.45, 2.75) is 6.92 Å². The molecule has 1 aromatic carbocycles. The Morgan fingerprint density at radius 2 is 2.07 bits per heavy atom. The lowest BCUT2D eigenvalue weighted by molar-refractivity contribution is 1.33. The van der Waals surface area contributed by atoms with Crippen LogP contribution in [-0.4, -0.2) is 4.98 Å². The first kappa shape index (κ1) is 8.75. The molecule has 2 aromatic rings. The molecule has 0 bridgehead atoms. The Morgan fingerprint density at radius 3 is 2.79 bits per heavy atom. The highest BCUT2D eigenvalue weighted by Crippen LogP contribution is 2.24. The van der Waals surface area contributed by atoms with E-state index in [-0.39, 0.29) is 0 Å². The molecule has 0 saturated heterocycles. The van der Waals surface area contributed by atoms with Crippen molar-refractivity contribution in [1.29, 1.82) is 0 Å². The fourth-order valence-corrected chi connectivity index (χ4v) is 1.46. The van der Waals surface area contributed by atoms with Crippen LogP contribution in [0.3, 0.4) is 0 Å². The van der Waals surface area contributed by atoms with Gasteiger partial charge in [0, 0.05) is 23.6 Å². The van der Waals surface area contributed by atoms with Crippen LogP contribution in [-0.2, 0) is 0 Å². The molecule has 70 valence electrons. The molecule has 14 heavy (non-hydrogen) atoms. The predicted molar refractivity (Wildman–Crippen MR) is 58.8 cm³/mol. The topological polar surface area (TPSA) is 38.9 Å². The molecule has 2 nitrogen and oxygen atoms in total. The molecule has 0 aliphatic carbocycles. The van der Waals surface area contributed by atoms with Crippen molar-refractivity contribution in [3.8, 4) is 11.1 Å². The number of nitrogens with zero attached hydrogens (tertiary/aromatic N) is 1. The third-order valence-electron chi connectivity index (χ3n) is 2.18. The summed E-state index contributed by atoms with van der Waals surface area (Å²) in [5, 5.41) is 0. The van der Waals surface area contributed by atoms with Crippen molar-refractivity contribution in [1.82, 2.24) is 4.98 Å². The van der Waals surface area contributed by atoms with Gasteiger partial charge in [-0.1, -0.05) is 29.8 Å². The number of rotatable bonds is 1. The molecular formula is C12H12N2. The molecule has 2 N–H and O–H groups in total. The van der Waals surface area contributed by atoms with Crippen LogP contribution in [0.2, 0.25) is 0 Å². The number of benzene rings is 1. The summed E-state index contributed by atoms with van der Waals surface area (Å²) in [6.07, 6.45) is 3.50.